The van der Waals surface area contributed by atoms with Crippen LogP contribution in [0, 0.1) is 0 Å². The molecule has 0 amide bonds. The molecule has 0 aromatic heterocycles. The Labute approximate surface area is 90.0 Å². The monoisotopic (exact) mass is 447 g/mol. The topological polar surface area (TPSA) is 52.6 Å². The SMILES string of the molecule is CC(=O)OI.CC(=O)[O][Hg]. The Bertz CT molecular complexity index is 102. The van der Waals surface area contributed by atoms with Crippen LogP contribution in [0.5, 0.6) is 0 Å². The fourth-order valence-corrected chi connectivity index (χ4v) is 0. The second-order valence-electron chi connectivity index (χ2n) is 1.20. The van der Waals surface area contributed by atoms with Crippen LogP contribution in [0.15, 0.2) is 0 Å². The van der Waals surface area contributed by atoms with Crippen molar-refractivity contribution in [2.45, 2.75) is 13.8 Å². The number of rotatable bonds is 0. The first-order valence-electron chi connectivity index (χ1n) is 2.26. The molecule has 0 saturated carbocycles. The molecule has 0 aromatic carbocycles. The van der Waals surface area contributed by atoms with Gasteiger partial charge in [-0.15, -0.1) is 0 Å². The molecule has 0 fully saturated rings. The van der Waals surface area contributed by atoms with Gasteiger partial charge >= 0.3 is 52.9 Å². The summed E-state index contributed by atoms with van der Waals surface area (Å²) in [6.45, 7) is 2.76. The van der Waals surface area contributed by atoms with E-state index in [9.17, 15) is 9.59 Å². The third-order valence-corrected chi connectivity index (χ3v) is 2.51. The van der Waals surface area contributed by atoms with E-state index in [1.165, 1.54) is 36.9 Å². The first kappa shape index (κ1) is 13.2. The summed E-state index contributed by atoms with van der Waals surface area (Å²) in [5.41, 5.74) is 0. The molecule has 0 spiro atoms. The van der Waals surface area contributed by atoms with Crippen LogP contribution < -0.4 is 0 Å². The molecule has 0 saturated heterocycles. The van der Waals surface area contributed by atoms with Crippen molar-refractivity contribution in [2.24, 2.45) is 0 Å². The van der Waals surface area contributed by atoms with Crippen LogP contribution in [0.25, 0.3) is 0 Å². The number of carbonyl (C=O) groups is 2. The van der Waals surface area contributed by atoms with Crippen LogP contribution >= 0.6 is 23.0 Å². The molecule has 0 N–H and O–H groups in total. The summed E-state index contributed by atoms with van der Waals surface area (Å²) in [7, 11) is 0. The van der Waals surface area contributed by atoms with Crippen molar-refractivity contribution in [3.63, 3.8) is 0 Å². The molecule has 0 aromatic rings. The van der Waals surface area contributed by atoms with Gasteiger partial charge in [-0.3, -0.25) is 4.79 Å². The van der Waals surface area contributed by atoms with E-state index in [2.05, 4.69) is 5.71 Å². The summed E-state index contributed by atoms with van der Waals surface area (Å²) < 4.78 is 8.39. The van der Waals surface area contributed by atoms with E-state index < -0.39 is 0 Å². The predicted octanol–water partition coefficient (Wildman–Crippen LogP) is 0.911. The Morgan fingerprint density at radius 3 is 1.50 bits per heavy atom. The minimum absolute atomic E-state index is 0.159. The molecule has 0 aliphatic heterocycles. The zero-order valence-electron chi connectivity index (χ0n) is 5.72. The minimum atomic E-state index is -0.259. The van der Waals surface area contributed by atoms with E-state index in [0.717, 1.165) is 0 Å². The van der Waals surface area contributed by atoms with Crippen LogP contribution in [-0.4, -0.2) is 11.9 Å². The quantitative estimate of drug-likeness (QED) is 0.411. The summed E-state index contributed by atoms with van der Waals surface area (Å²) in [5.74, 6) is -0.418. The van der Waals surface area contributed by atoms with Gasteiger partial charge in [0.2, 0.25) is 0 Å². The van der Waals surface area contributed by atoms with Crippen LogP contribution in [0.3, 0.4) is 0 Å². The molecule has 10 heavy (non-hydrogen) atoms. The first-order valence-corrected chi connectivity index (χ1v) is 5.38. The third kappa shape index (κ3) is 23.5. The number of carbonyl (C=O) groups excluding carboxylic acids is 2. The maximum atomic E-state index is 9.64. The summed E-state index contributed by atoms with van der Waals surface area (Å²) in [6.07, 6.45) is 0. The maximum absolute atomic E-state index is 9.64. The van der Waals surface area contributed by atoms with E-state index >= 15 is 0 Å². The Morgan fingerprint density at radius 1 is 1.30 bits per heavy atom. The zero-order chi connectivity index (χ0) is 8.57. The molecule has 4 nitrogen and oxygen atoms in total. The second kappa shape index (κ2) is 9.61. The fourth-order valence-electron chi connectivity index (χ4n) is 0. The Morgan fingerprint density at radius 2 is 1.50 bits per heavy atom. The van der Waals surface area contributed by atoms with Crippen molar-refractivity contribution < 1.29 is 41.9 Å². The van der Waals surface area contributed by atoms with Crippen molar-refractivity contribution in [1.82, 2.24) is 0 Å². The van der Waals surface area contributed by atoms with Gasteiger partial charge in [-0.05, 0) is 0 Å². The summed E-state index contributed by atoms with van der Waals surface area (Å²) in [5, 5.41) is 0. The van der Waals surface area contributed by atoms with Crippen molar-refractivity contribution in [2.75, 3.05) is 0 Å². The van der Waals surface area contributed by atoms with E-state index in [4.69, 9.17) is 0 Å². The average Bonchev–Trinajstić information content (AvgIpc) is 1.89. The number of hydrogen-bond donors (Lipinski definition) is 0. The van der Waals surface area contributed by atoms with E-state index in [-0.39, 0.29) is 38.5 Å². The number of hydrogen-bond acceptors (Lipinski definition) is 4. The standard InChI is InChI=1S/C2H3IO2.C2H4O2.Hg/c1-2(4)5-3;1-2(3)4;/h1H3;1H3,(H,3,4);/q;;+1/p-1. The van der Waals surface area contributed by atoms with Gasteiger partial charge in [-0.1, -0.05) is 0 Å². The Kier molecular flexibility index (Phi) is 12.7. The van der Waals surface area contributed by atoms with Gasteiger partial charge in [0, 0.05) is 6.92 Å². The molecule has 0 bridgehead atoms. The number of halogens is 1. The molecule has 6 heteroatoms. The van der Waals surface area contributed by atoms with E-state index in [1.54, 1.807) is 0 Å². The fraction of sp³-hybridized carbons (Fsp3) is 0.500. The molecule has 0 atom stereocenters. The van der Waals surface area contributed by atoms with Gasteiger partial charge < -0.3 is 3.07 Å². The molecular formula is C4H6HgIO4. The predicted molar refractivity (Wildman–Crippen MR) is 37.6 cm³/mol. The molecule has 0 rings (SSSR count). The van der Waals surface area contributed by atoms with Gasteiger partial charge in [-0.2, -0.15) is 0 Å². The Balaban J connectivity index is 0. The molecule has 0 aliphatic rings. The van der Waals surface area contributed by atoms with Crippen molar-refractivity contribution in [3.8, 4) is 0 Å². The average molecular weight is 446 g/mol. The van der Waals surface area contributed by atoms with Gasteiger partial charge in [0.1, 0.15) is 0 Å². The van der Waals surface area contributed by atoms with Crippen LogP contribution in [0.1, 0.15) is 13.8 Å². The van der Waals surface area contributed by atoms with Gasteiger partial charge in [0.05, 0.1) is 0 Å². The van der Waals surface area contributed by atoms with Gasteiger partial charge in [-0.25, -0.2) is 0 Å². The van der Waals surface area contributed by atoms with E-state index in [1.807, 2.05) is 0 Å². The molecule has 0 radical (unpaired) electrons. The summed E-state index contributed by atoms with van der Waals surface area (Å²) in [6, 6.07) is 0. The Hall–Kier alpha value is 0.605. The van der Waals surface area contributed by atoms with Crippen molar-refractivity contribution in [3.05, 3.63) is 0 Å². The molecule has 55 valence electrons. The van der Waals surface area contributed by atoms with Crippen molar-refractivity contribution in [1.29, 1.82) is 0 Å². The molecule has 0 unspecified atom stereocenters. The summed E-state index contributed by atoms with van der Waals surface area (Å²) >= 11 is 1.72. The van der Waals surface area contributed by atoms with E-state index in [0.29, 0.717) is 0 Å². The van der Waals surface area contributed by atoms with Gasteiger partial charge in [0.25, 0.3) is 0 Å². The molecule has 0 aliphatic carbocycles. The third-order valence-electron chi connectivity index (χ3n) is 0.312. The van der Waals surface area contributed by atoms with Crippen LogP contribution in [0.2, 0.25) is 0 Å². The zero-order valence-corrected chi connectivity index (χ0v) is 13.4. The van der Waals surface area contributed by atoms with Crippen LogP contribution in [-0.2, 0) is 41.9 Å². The molecular weight excluding hydrogens is 440 g/mol. The van der Waals surface area contributed by atoms with Crippen LogP contribution in [0.4, 0.5) is 0 Å². The molecule has 0 heterocycles. The first-order chi connectivity index (χ1) is 4.54. The summed E-state index contributed by atoms with van der Waals surface area (Å²) in [4.78, 5) is 19.2. The van der Waals surface area contributed by atoms with Crippen molar-refractivity contribution >= 4 is 34.9 Å². The second-order valence-corrected chi connectivity index (χ2v) is 2.77. The normalized spacial score (nSPS) is 6.90. The van der Waals surface area contributed by atoms with Gasteiger partial charge in [0.15, 0.2) is 23.0 Å².